The van der Waals surface area contributed by atoms with Crippen molar-refractivity contribution in [2.24, 2.45) is 0 Å². The van der Waals surface area contributed by atoms with Crippen LogP contribution in [-0.2, 0) is 6.42 Å². The molecule has 1 heteroatoms. The Morgan fingerprint density at radius 1 is 0.739 bits per heavy atom. The third-order valence-electron chi connectivity index (χ3n) is 5.24. The monoisotopic (exact) mass is 308 g/mol. The summed E-state index contributed by atoms with van der Waals surface area (Å²) in [5, 5.41) is 2.51. The minimum Gasteiger partial charge on any atom is -0.455 e. The van der Waals surface area contributed by atoms with Gasteiger partial charge in [-0.3, -0.25) is 0 Å². The van der Waals surface area contributed by atoms with Crippen LogP contribution in [-0.4, -0.2) is 0 Å². The SMILES string of the molecule is CCCCCCCc1ccc2c(oc3c(C)c(C)ccc32)c1C. The number of fused-ring (bicyclic) bond motifs is 3. The van der Waals surface area contributed by atoms with Gasteiger partial charge in [0.25, 0.3) is 0 Å². The Bertz CT molecular complexity index is 823. The highest BCUT2D eigenvalue weighted by Crippen LogP contribution is 2.35. The molecule has 0 unspecified atom stereocenters. The van der Waals surface area contributed by atoms with Gasteiger partial charge in [-0.1, -0.05) is 56.9 Å². The van der Waals surface area contributed by atoms with E-state index in [4.69, 9.17) is 4.42 Å². The van der Waals surface area contributed by atoms with Crippen molar-refractivity contribution < 1.29 is 4.42 Å². The first-order valence-electron chi connectivity index (χ1n) is 9.04. The predicted octanol–water partition coefficient (Wildman–Crippen LogP) is 7.02. The molecular weight excluding hydrogens is 280 g/mol. The van der Waals surface area contributed by atoms with Gasteiger partial charge in [0, 0.05) is 10.8 Å². The second-order valence-corrected chi connectivity index (χ2v) is 6.88. The van der Waals surface area contributed by atoms with Gasteiger partial charge in [-0.2, -0.15) is 0 Å². The van der Waals surface area contributed by atoms with Crippen molar-refractivity contribution in [1.82, 2.24) is 0 Å². The first kappa shape index (κ1) is 16.1. The number of aryl methyl sites for hydroxylation is 4. The molecule has 2 aromatic carbocycles. The summed E-state index contributed by atoms with van der Waals surface area (Å²) < 4.78 is 6.28. The highest BCUT2D eigenvalue weighted by Gasteiger charge is 2.13. The van der Waals surface area contributed by atoms with Gasteiger partial charge in [-0.15, -0.1) is 0 Å². The van der Waals surface area contributed by atoms with Crippen LogP contribution in [0.3, 0.4) is 0 Å². The average molecular weight is 308 g/mol. The molecule has 0 fully saturated rings. The number of rotatable bonds is 6. The molecule has 0 aliphatic rings. The number of hydrogen-bond acceptors (Lipinski definition) is 1. The third-order valence-corrected chi connectivity index (χ3v) is 5.24. The molecule has 3 rings (SSSR count). The van der Waals surface area contributed by atoms with Gasteiger partial charge in [-0.05, 0) is 55.9 Å². The molecule has 1 aromatic heterocycles. The molecule has 1 heterocycles. The lowest BCUT2D eigenvalue weighted by Gasteiger charge is -2.06. The predicted molar refractivity (Wildman–Crippen MR) is 100 cm³/mol. The second kappa shape index (κ2) is 6.78. The van der Waals surface area contributed by atoms with Crippen LogP contribution in [0.15, 0.2) is 28.7 Å². The lowest BCUT2D eigenvalue weighted by Crippen LogP contribution is -1.90. The average Bonchev–Trinajstić information content (AvgIpc) is 2.93. The number of furan rings is 1. The van der Waals surface area contributed by atoms with Crippen molar-refractivity contribution in [2.75, 3.05) is 0 Å². The van der Waals surface area contributed by atoms with Crippen LogP contribution in [0.2, 0.25) is 0 Å². The van der Waals surface area contributed by atoms with E-state index in [1.165, 1.54) is 71.6 Å². The van der Waals surface area contributed by atoms with Crippen LogP contribution in [0.4, 0.5) is 0 Å². The maximum Gasteiger partial charge on any atom is 0.138 e. The molecule has 0 amide bonds. The maximum absolute atomic E-state index is 6.28. The number of benzene rings is 2. The van der Waals surface area contributed by atoms with E-state index in [1.54, 1.807) is 0 Å². The highest BCUT2D eigenvalue weighted by atomic mass is 16.3. The van der Waals surface area contributed by atoms with E-state index in [1.807, 2.05) is 0 Å². The quantitative estimate of drug-likeness (QED) is 0.446. The molecular formula is C22H28O. The summed E-state index contributed by atoms with van der Waals surface area (Å²) in [5.41, 5.74) is 7.47. The fourth-order valence-electron chi connectivity index (χ4n) is 3.50. The second-order valence-electron chi connectivity index (χ2n) is 6.88. The Balaban J connectivity index is 1.93. The van der Waals surface area contributed by atoms with Gasteiger partial charge in [0.05, 0.1) is 0 Å². The van der Waals surface area contributed by atoms with Crippen LogP contribution in [0.25, 0.3) is 21.9 Å². The van der Waals surface area contributed by atoms with Crippen LogP contribution in [0, 0.1) is 20.8 Å². The van der Waals surface area contributed by atoms with Crippen LogP contribution in [0.1, 0.15) is 61.3 Å². The van der Waals surface area contributed by atoms with Crippen LogP contribution >= 0.6 is 0 Å². The maximum atomic E-state index is 6.28. The largest absolute Gasteiger partial charge is 0.455 e. The molecule has 0 aliphatic heterocycles. The Labute approximate surface area is 139 Å². The smallest absolute Gasteiger partial charge is 0.138 e. The Morgan fingerprint density at radius 2 is 1.39 bits per heavy atom. The molecule has 0 spiro atoms. The first-order valence-corrected chi connectivity index (χ1v) is 9.04. The molecule has 0 bridgehead atoms. The van der Waals surface area contributed by atoms with Crippen LogP contribution in [0.5, 0.6) is 0 Å². The third kappa shape index (κ3) is 3.02. The summed E-state index contributed by atoms with van der Waals surface area (Å²) in [4.78, 5) is 0. The molecule has 122 valence electrons. The van der Waals surface area contributed by atoms with Crippen molar-refractivity contribution in [1.29, 1.82) is 0 Å². The summed E-state index contributed by atoms with van der Waals surface area (Å²) >= 11 is 0. The van der Waals surface area contributed by atoms with E-state index in [9.17, 15) is 0 Å². The van der Waals surface area contributed by atoms with E-state index in [0.29, 0.717) is 0 Å². The molecule has 0 saturated heterocycles. The van der Waals surface area contributed by atoms with Gasteiger partial charge in [0.1, 0.15) is 11.2 Å². The molecule has 0 N–H and O–H groups in total. The Hall–Kier alpha value is -1.76. The summed E-state index contributed by atoms with van der Waals surface area (Å²) in [6.45, 7) is 8.79. The minimum atomic E-state index is 1.06. The lowest BCUT2D eigenvalue weighted by atomic mass is 9.98. The summed E-state index contributed by atoms with van der Waals surface area (Å²) in [5.74, 6) is 0. The molecule has 3 aromatic rings. The van der Waals surface area contributed by atoms with Gasteiger partial charge in [0.15, 0.2) is 0 Å². The summed E-state index contributed by atoms with van der Waals surface area (Å²) in [6, 6.07) is 8.96. The highest BCUT2D eigenvalue weighted by molar-refractivity contribution is 6.07. The van der Waals surface area contributed by atoms with E-state index in [-0.39, 0.29) is 0 Å². The molecule has 0 aliphatic carbocycles. The van der Waals surface area contributed by atoms with E-state index >= 15 is 0 Å². The van der Waals surface area contributed by atoms with Crippen molar-refractivity contribution >= 4 is 21.9 Å². The first-order chi connectivity index (χ1) is 11.1. The van der Waals surface area contributed by atoms with Crippen LogP contribution < -0.4 is 0 Å². The minimum absolute atomic E-state index is 1.06. The fraction of sp³-hybridized carbons (Fsp3) is 0.455. The summed E-state index contributed by atoms with van der Waals surface area (Å²) in [7, 11) is 0. The van der Waals surface area contributed by atoms with Crippen molar-refractivity contribution in [3.05, 3.63) is 46.5 Å². The Morgan fingerprint density at radius 3 is 2.13 bits per heavy atom. The zero-order chi connectivity index (χ0) is 16.4. The van der Waals surface area contributed by atoms with Crippen molar-refractivity contribution in [3.8, 4) is 0 Å². The summed E-state index contributed by atoms with van der Waals surface area (Å²) in [6.07, 6.45) is 7.82. The van der Waals surface area contributed by atoms with E-state index in [2.05, 4.69) is 52.0 Å². The van der Waals surface area contributed by atoms with E-state index < -0.39 is 0 Å². The van der Waals surface area contributed by atoms with E-state index in [0.717, 1.165) is 11.2 Å². The standard InChI is InChI=1S/C22H28O/c1-5-6-7-8-9-10-18-12-14-20-19-13-11-15(2)16(3)21(19)23-22(20)17(18)4/h11-14H,5-10H2,1-4H3. The van der Waals surface area contributed by atoms with Crippen molar-refractivity contribution in [3.63, 3.8) is 0 Å². The zero-order valence-electron chi connectivity index (χ0n) is 15.0. The molecule has 0 atom stereocenters. The topological polar surface area (TPSA) is 13.1 Å². The van der Waals surface area contributed by atoms with Gasteiger partial charge >= 0.3 is 0 Å². The molecule has 23 heavy (non-hydrogen) atoms. The van der Waals surface area contributed by atoms with Gasteiger partial charge < -0.3 is 4.42 Å². The molecule has 0 saturated carbocycles. The van der Waals surface area contributed by atoms with Crippen molar-refractivity contribution in [2.45, 2.75) is 66.2 Å². The number of unbranched alkanes of at least 4 members (excludes halogenated alkanes) is 4. The molecule has 0 radical (unpaired) electrons. The molecule has 1 nitrogen and oxygen atoms in total. The van der Waals surface area contributed by atoms with Gasteiger partial charge in [-0.25, -0.2) is 0 Å². The Kier molecular flexibility index (Phi) is 4.75. The lowest BCUT2D eigenvalue weighted by molar-refractivity contribution is 0.629. The fourth-order valence-corrected chi connectivity index (χ4v) is 3.50. The normalized spacial score (nSPS) is 11.7. The number of hydrogen-bond donors (Lipinski definition) is 0. The zero-order valence-corrected chi connectivity index (χ0v) is 15.0. The van der Waals surface area contributed by atoms with Gasteiger partial charge in [0.2, 0.25) is 0 Å².